The van der Waals surface area contributed by atoms with Gasteiger partial charge in [0.1, 0.15) is 5.75 Å². The van der Waals surface area contributed by atoms with Crippen LogP contribution in [0.3, 0.4) is 0 Å². The quantitative estimate of drug-likeness (QED) is 0.774. The lowest BCUT2D eigenvalue weighted by Crippen LogP contribution is -2.55. The summed E-state index contributed by atoms with van der Waals surface area (Å²) in [6, 6.07) is 8.03. The maximum atomic E-state index is 9.85. The van der Waals surface area contributed by atoms with Crippen LogP contribution in [-0.4, -0.2) is 23.2 Å². The summed E-state index contributed by atoms with van der Waals surface area (Å²) in [5.41, 5.74) is 1.34. The molecule has 1 fully saturated rings. The summed E-state index contributed by atoms with van der Waals surface area (Å²) >= 11 is 0. The lowest BCUT2D eigenvalue weighted by Gasteiger charge is -2.42. The molecule has 1 aliphatic carbocycles. The first-order valence-electron chi connectivity index (χ1n) is 7.66. The molecule has 1 saturated carbocycles. The number of nitrogens with one attached hydrogen (secondary N) is 2. The van der Waals surface area contributed by atoms with Crippen LogP contribution in [0.15, 0.2) is 24.3 Å². The Balaban J connectivity index is 2.03. The monoisotopic (exact) mass is 276 g/mol. The molecule has 0 bridgehead atoms. The third kappa shape index (κ3) is 2.70. The lowest BCUT2D eigenvalue weighted by molar-refractivity contribution is 0.146. The number of benzene rings is 1. The summed E-state index contributed by atoms with van der Waals surface area (Å²) in [5.74, 6) is 0.380. The molecule has 3 heteroatoms. The standard InChI is InChI=1S/C17H28N2O/c1-5-19-17(4)11-10-15(16(17,2)3)18-12-13-8-6-7-9-14(13)20/h6-9,15,18-20H,5,10-12H2,1-4H3/t15-,17+/m0/s1. The van der Waals surface area contributed by atoms with Gasteiger partial charge in [-0.25, -0.2) is 0 Å². The summed E-state index contributed by atoms with van der Waals surface area (Å²) in [6.07, 6.45) is 2.36. The zero-order chi connectivity index (χ0) is 14.8. The summed E-state index contributed by atoms with van der Waals surface area (Å²) in [5, 5.41) is 17.2. The normalized spacial score (nSPS) is 28.7. The Morgan fingerprint density at radius 1 is 1.25 bits per heavy atom. The van der Waals surface area contributed by atoms with Crippen molar-refractivity contribution in [3.63, 3.8) is 0 Å². The van der Waals surface area contributed by atoms with Crippen LogP contribution in [0.1, 0.15) is 46.1 Å². The minimum absolute atomic E-state index is 0.179. The molecule has 2 rings (SSSR count). The topological polar surface area (TPSA) is 44.3 Å². The number of hydrogen-bond donors (Lipinski definition) is 3. The summed E-state index contributed by atoms with van der Waals surface area (Å²) in [6.45, 7) is 10.9. The molecule has 2 atom stereocenters. The van der Waals surface area contributed by atoms with Gasteiger partial charge >= 0.3 is 0 Å². The van der Waals surface area contributed by atoms with E-state index in [1.807, 2.05) is 18.2 Å². The lowest BCUT2D eigenvalue weighted by atomic mass is 9.74. The van der Waals surface area contributed by atoms with Crippen LogP contribution in [0.25, 0.3) is 0 Å². The van der Waals surface area contributed by atoms with Crippen molar-refractivity contribution in [2.45, 2.75) is 58.7 Å². The van der Waals surface area contributed by atoms with Gasteiger partial charge in [-0.3, -0.25) is 0 Å². The number of para-hydroxylation sites is 1. The van der Waals surface area contributed by atoms with Gasteiger partial charge in [-0.15, -0.1) is 0 Å². The first-order valence-corrected chi connectivity index (χ1v) is 7.66. The minimum atomic E-state index is 0.179. The Morgan fingerprint density at radius 2 is 1.95 bits per heavy atom. The van der Waals surface area contributed by atoms with Gasteiger partial charge in [0.15, 0.2) is 0 Å². The van der Waals surface area contributed by atoms with E-state index < -0.39 is 0 Å². The minimum Gasteiger partial charge on any atom is -0.508 e. The van der Waals surface area contributed by atoms with E-state index in [-0.39, 0.29) is 11.0 Å². The predicted octanol–water partition coefficient (Wildman–Crippen LogP) is 3.04. The Labute approximate surface area is 122 Å². The molecule has 0 spiro atoms. The van der Waals surface area contributed by atoms with Crippen molar-refractivity contribution >= 4 is 0 Å². The molecule has 1 aromatic carbocycles. The third-order valence-electron chi connectivity index (χ3n) is 5.32. The second-order valence-electron chi connectivity index (χ2n) is 6.68. The Kier molecular flexibility index (Phi) is 4.40. The molecule has 112 valence electrons. The smallest absolute Gasteiger partial charge is 0.120 e. The third-order valence-corrected chi connectivity index (χ3v) is 5.32. The van der Waals surface area contributed by atoms with Crippen LogP contribution in [0.2, 0.25) is 0 Å². The summed E-state index contributed by atoms with van der Waals surface area (Å²) < 4.78 is 0. The zero-order valence-electron chi connectivity index (χ0n) is 13.2. The predicted molar refractivity (Wildman–Crippen MR) is 83.8 cm³/mol. The van der Waals surface area contributed by atoms with E-state index in [9.17, 15) is 5.11 Å². The molecule has 3 nitrogen and oxygen atoms in total. The van der Waals surface area contributed by atoms with Gasteiger partial charge in [-0.1, -0.05) is 39.0 Å². The molecule has 0 amide bonds. The zero-order valence-corrected chi connectivity index (χ0v) is 13.2. The highest BCUT2D eigenvalue weighted by Gasteiger charge is 2.50. The molecule has 1 aliphatic rings. The van der Waals surface area contributed by atoms with Crippen LogP contribution >= 0.6 is 0 Å². The van der Waals surface area contributed by atoms with Gasteiger partial charge < -0.3 is 15.7 Å². The van der Waals surface area contributed by atoms with E-state index in [4.69, 9.17) is 0 Å². The van der Waals surface area contributed by atoms with Crippen LogP contribution in [0, 0.1) is 5.41 Å². The van der Waals surface area contributed by atoms with E-state index in [1.54, 1.807) is 6.07 Å². The first kappa shape index (κ1) is 15.3. The molecule has 20 heavy (non-hydrogen) atoms. The fraction of sp³-hybridized carbons (Fsp3) is 0.647. The van der Waals surface area contributed by atoms with E-state index >= 15 is 0 Å². The van der Waals surface area contributed by atoms with Crippen LogP contribution in [-0.2, 0) is 6.54 Å². The fourth-order valence-electron chi connectivity index (χ4n) is 3.46. The van der Waals surface area contributed by atoms with Gasteiger partial charge in [-0.05, 0) is 37.8 Å². The van der Waals surface area contributed by atoms with E-state index in [2.05, 4.69) is 38.3 Å². The van der Waals surface area contributed by atoms with Crippen molar-refractivity contribution in [3.05, 3.63) is 29.8 Å². The van der Waals surface area contributed by atoms with Crippen LogP contribution in [0.4, 0.5) is 0 Å². The number of aromatic hydroxyl groups is 1. The average Bonchev–Trinajstić information content (AvgIpc) is 2.61. The number of rotatable bonds is 5. The van der Waals surface area contributed by atoms with Crippen molar-refractivity contribution in [1.82, 2.24) is 10.6 Å². The molecule has 1 aromatic rings. The number of phenols is 1. The van der Waals surface area contributed by atoms with E-state index in [0.29, 0.717) is 11.8 Å². The van der Waals surface area contributed by atoms with Crippen LogP contribution < -0.4 is 10.6 Å². The number of hydrogen-bond acceptors (Lipinski definition) is 3. The molecule has 3 N–H and O–H groups in total. The van der Waals surface area contributed by atoms with Gasteiger partial charge in [0, 0.05) is 23.7 Å². The molecule has 0 heterocycles. The highest BCUT2D eigenvalue weighted by atomic mass is 16.3. The Hall–Kier alpha value is -1.06. The first-order chi connectivity index (χ1) is 9.40. The van der Waals surface area contributed by atoms with Gasteiger partial charge in [0.2, 0.25) is 0 Å². The molecule has 0 saturated heterocycles. The Morgan fingerprint density at radius 3 is 2.60 bits per heavy atom. The maximum absolute atomic E-state index is 9.85. The largest absolute Gasteiger partial charge is 0.508 e. The molecule has 0 aliphatic heterocycles. The van der Waals surface area contributed by atoms with Crippen molar-refractivity contribution in [2.24, 2.45) is 5.41 Å². The number of phenolic OH excluding ortho intramolecular Hbond substituents is 1. The fourth-order valence-corrected chi connectivity index (χ4v) is 3.46. The molecule has 0 unspecified atom stereocenters. The van der Waals surface area contributed by atoms with Gasteiger partial charge in [0.25, 0.3) is 0 Å². The second kappa shape index (κ2) is 5.74. The summed E-state index contributed by atoms with van der Waals surface area (Å²) in [7, 11) is 0. The van der Waals surface area contributed by atoms with E-state index in [1.165, 1.54) is 12.8 Å². The molecular formula is C17H28N2O. The van der Waals surface area contributed by atoms with Crippen molar-refractivity contribution in [3.8, 4) is 5.75 Å². The highest BCUT2D eigenvalue weighted by Crippen LogP contribution is 2.46. The van der Waals surface area contributed by atoms with Gasteiger partial charge in [-0.2, -0.15) is 0 Å². The van der Waals surface area contributed by atoms with Crippen molar-refractivity contribution < 1.29 is 5.11 Å². The van der Waals surface area contributed by atoms with Crippen molar-refractivity contribution in [1.29, 1.82) is 0 Å². The highest BCUT2D eigenvalue weighted by molar-refractivity contribution is 5.31. The summed E-state index contributed by atoms with van der Waals surface area (Å²) in [4.78, 5) is 0. The molecule has 0 aromatic heterocycles. The Bertz CT molecular complexity index is 458. The SMILES string of the molecule is CCN[C@]1(C)CC[C@H](NCc2ccccc2O)C1(C)C. The average molecular weight is 276 g/mol. The van der Waals surface area contributed by atoms with Gasteiger partial charge in [0.05, 0.1) is 0 Å². The molecule has 0 radical (unpaired) electrons. The van der Waals surface area contributed by atoms with Crippen LogP contribution in [0.5, 0.6) is 5.75 Å². The molecular weight excluding hydrogens is 248 g/mol. The van der Waals surface area contributed by atoms with Crippen molar-refractivity contribution in [2.75, 3.05) is 6.54 Å². The van der Waals surface area contributed by atoms with E-state index in [0.717, 1.165) is 18.7 Å². The second-order valence-corrected chi connectivity index (χ2v) is 6.68. The maximum Gasteiger partial charge on any atom is 0.120 e.